The van der Waals surface area contributed by atoms with Crippen molar-refractivity contribution in [3.05, 3.63) is 97.1 Å². The summed E-state index contributed by atoms with van der Waals surface area (Å²) >= 11 is 0. The summed E-state index contributed by atoms with van der Waals surface area (Å²) in [6, 6.07) is 24.8. The number of hydrogen-bond donors (Lipinski definition) is 0. The minimum absolute atomic E-state index is 0.933. The van der Waals surface area contributed by atoms with Crippen molar-refractivity contribution in [1.82, 2.24) is 9.97 Å². The van der Waals surface area contributed by atoms with Crippen molar-refractivity contribution in [3.8, 4) is 22.5 Å². The molecule has 0 saturated carbocycles. The average Bonchev–Trinajstić information content (AvgIpc) is 2.73. The predicted molar refractivity (Wildman–Crippen MR) is 111 cm³/mol. The number of aromatic nitrogens is 2. The van der Waals surface area contributed by atoms with Crippen molar-refractivity contribution in [1.29, 1.82) is 0 Å². The summed E-state index contributed by atoms with van der Waals surface area (Å²) in [5.41, 5.74) is 8.31. The third-order valence-corrected chi connectivity index (χ3v) is 4.32. The van der Waals surface area contributed by atoms with Crippen molar-refractivity contribution >= 4 is 11.0 Å². The number of benzene rings is 3. The van der Waals surface area contributed by atoms with Gasteiger partial charge in [0.15, 0.2) is 0 Å². The molecule has 0 amide bonds. The molecule has 0 N–H and O–H groups in total. The van der Waals surface area contributed by atoms with E-state index in [-0.39, 0.29) is 0 Å². The fraction of sp³-hybridized carbons (Fsp3) is 0.0833. The van der Waals surface area contributed by atoms with Gasteiger partial charge in [-0.3, -0.25) is 0 Å². The first-order valence-electron chi connectivity index (χ1n) is 8.63. The van der Waals surface area contributed by atoms with E-state index in [1.54, 1.807) is 0 Å². The number of hydrogen-bond acceptors (Lipinski definition) is 2. The zero-order valence-corrected chi connectivity index (χ0v) is 15.2. The second kappa shape index (κ2) is 7.75. The summed E-state index contributed by atoms with van der Waals surface area (Å²) < 4.78 is 0. The molecule has 0 aliphatic rings. The molecule has 1 heterocycles. The van der Waals surface area contributed by atoms with E-state index in [1.165, 1.54) is 0 Å². The molecule has 128 valence electrons. The highest BCUT2D eigenvalue weighted by molar-refractivity contribution is 5.89. The summed E-state index contributed by atoms with van der Waals surface area (Å²) in [4.78, 5) is 10.0. The molecular weight excluding hydrogens is 316 g/mol. The summed E-state index contributed by atoms with van der Waals surface area (Å²) in [7, 11) is 0. The standard InChI is InChI=1S/C22H18N2.C2H4/c1-15-13-14-16(2)20-19(15)23-21(17-9-5-3-6-10-17)22(24-20)18-11-7-4-8-12-18;1-2/h3-14H,1-2H3;1-2H2. The van der Waals surface area contributed by atoms with Gasteiger partial charge in [0.1, 0.15) is 0 Å². The van der Waals surface area contributed by atoms with Gasteiger partial charge in [-0.2, -0.15) is 0 Å². The molecule has 0 spiro atoms. The third-order valence-electron chi connectivity index (χ3n) is 4.32. The fourth-order valence-electron chi connectivity index (χ4n) is 2.99. The zero-order valence-electron chi connectivity index (χ0n) is 15.2. The molecule has 4 aromatic rings. The summed E-state index contributed by atoms with van der Waals surface area (Å²) in [5, 5.41) is 0. The highest BCUT2D eigenvalue weighted by Crippen LogP contribution is 2.32. The van der Waals surface area contributed by atoms with Gasteiger partial charge in [0.2, 0.25) is 0 Å². The number of nitrogens with zero attached hydrogens (tertiary/aromatic N) is 2. The van der Waals surface area contributed by atoms with Crippen molar-refractivity contribution in [3.63, 3.8) is 0 Å². The van der Waals surface area contributed by atoms with Crippen molar-refractivity contribution < 1.29 is 0 Å². The lowest BCUT2D eigenvalue weighted by atomic mass is 10.0. The Bertz CT molecular complexity index is 938. The summed E-state index contributed by atoms with van der Waals surface area (Å²) in [6.45, 7) is 10.2. The van der Waals surface area contributed by atoms with E-state index >= 15 is 0 Å². The van der Waals surface area contributed by atoms with Gasteiger partial charge in [-0.1, -0.05) is 72.8 Å². The molecule has 0 aliphatic carbocycles. The second-order valence-corrected chi connectivity index (χ2v) is 6.05. The number of aryl methyl sites for hydroxylation is 2. The lowest BCUT2D eigenvalue weighted by Gasteiger charge is -2.13. The Morgan fingerprint density at radius 3 is 1.23 bits per heavy atom. The van der Waals surface area contributed by atoms with E-state index in [0.717, 1.165) is 44.7 Å². The Balaban J connectivity index is 0.000000948. The molecule has 0 atom stereocenters. The SMILES string of the molecule is C=C.Cc1ccc(C)c2nc(-c3ccccc3)c(-c3ccccc3)nc12. The maximum absolute atomic E-state index is 5.02. The van der Waals surface area contributed by atoms with Gasteiger partial charge in [0.25, 0.3) is 0 Å². The quantitative estimate of drug-likeness (QED) is 0.396. The van der Waals surface area contributed by atoms with Gasteiger partial charge in [-0.05, 0) is 25.0 Å². The molecular formula is C24H22N2. The first-order chi connectivity index (χ1) is 12.7. The first kappa shape index (κ1) is 17.6. The maximum Gasteiger partial charge on any atom is 0.0973 e. The lowest BCUT2D eigenvalue weighted by molar-refractivity contribution is 1.25. The molecule has 0 bridgehead atoms. The van der Waals surface area contributed by atoms with Crippen LogP contribution in [0.3, 0.4) is 0 Å². The predicted octanol–water partition coefficient (Wildman–Crippen LogP) is 6.38. The van der Waals surface area contributed by atoms with Crippen molar-refractivity contribution in [2.45, 2.75) is 13.8 Å². The van der Waals surface area contributed by atoms with Crippen LogP contribution in [0.2, 0.25) is 0 Å². The minimum atomic E-state index is 0.933. The molecule has 1 aromatic heterocycles. The second-order valence-electron chi connectivity index (χ2n) is 6.05. The Morgan fingerprint density at radius 2 is 0.885 bits per heavy atom. The molecule has 3 aromatic carbocycles. The van der Waals surface area contributed by atoms with Crippen molar-refractivity contribution in [2.24, 2.45) is 0 Å². The number of rotatable bonds is 2. The summed E-state index contributed by atoms with van der Waals surface area (Å²) in [5.74, 6) is 0. The summed E-state index contributed by atoms with van der Waals surface area (Å²) in [6.07, 6.45) is 0. The van der Waals surface area contributed by atoms with Gasteiger partial charge in [-0.15, -0.1) is 13.2 Å². The van der Waals surface area contributed by atoms with E-state index in [4.69, 9.17) is 9.97 Å². The van der Waals surface area contributed by atoms with Crippen LogP contribution >= 0.6 is 0 Å². The topological polar surface area (TPSA) is 25.8 Å². The molecule has 26 heavy (non-hydrogen) atoms. The Kier molecular flexibility index (Phi) is 5.23. The lowest BCUT2D eigenvalue weighted by Crippen LogP contribution is -1.98. The largest absolute Gasteiger partial charge is 0.244 e. The fourth-order valence-corrected chi connectivity index (χ4v) is 2.99. The van der Waals surface area contributed by atoms with Crippen LogP contribution in [-0.2, 0) is 0 Å². The van der Waals surface area contributed by atoms with Gasteiger partial charge < -0.3 is 0 Å². The molecule has 4 rings (SSSR count). The van der Waals surface area contributed by atoms with Crippen LogP contribution in [0.5, 0.6) is 0 Å². The molecule has 0 unspecified atom stereocenters. The zero-order chi connectivity index (χ0) is 18.5. The molecule has 2 heteroatoms. The van der Waals surface area contributed by atoms with E-state index in [0.29, 0.717) is 0 Å². The molecule has 0 radical (unpaired) electrons. The highest BCUT2D eigenvalue weighted by Gasteiger charge is 2.14. The first-order valence-corrected chi connectivity index (χ1v) is 8.63. The van der Waals surface area contributed by atoms with Crippen molar-refractivity contribution in [2.75, 3.05) is 0 Å². The van der Waals surface area contributed by atoms with Gasteiger partial charge in [0.05, 0.1) is 22.4 Å². The van der Waals surface area contributed by atoms with Crippen LogP contribution < -0.4 is 0 Å². The van der Waals surface area contributed by atoms with Crippen LogP contribution in [0, 0.1) is 13.8 Å². The van der Waals surface area contributed by atoms with Crippen LogP contribution in [0.4, 0.5) is 0 Å². The van der Waals surface area contributed by atoms with Gasteiger partial charge in [-0.25, -0.2) is 9.97 Å². The van der Waals surface area contributed by atoms with E-state index in [2.05, 4.69) is 63.4 Å². The highest BCUT2D eigenvalue weighted by atomic mass is 14.8. The van der Waals surface area contributed by atoms with E-state index in [1.807, 2.05) is 36.4 Å². The molecule has 0 fully saturated rings. The average molecular weight is 338 g/mol. The maximum atomic E-state index is 5.02. The Morgan fingerprint density at radius 1 is 0.538 bits per heavy atom. The normalized spacial score (nSPS) is 10.2. The monoisotopic (exact) mass is 338 g/mol. The van der Waals surface area contributed by atoms with Gasteiger partial charge in [0, 0.05) is 11.1 Å². The minimum Gasteiger partial charge on any atom is -0.244 e. The Labute approximate surface area is 154 Å². The van der Waals surface area contributed by atoms with E-state index < -0.39 is 0 Å². The van der Waals surface area contributed by atoms with Gasteiger partial charge >= 0.3 is 0 Å². The van der Waals surface area contributed by atoms with Crippen LogP contribution in [0.1, 0.15) is 11.1 Å². The molecule has 2 nitrogen and oxygen atoms in total. The van der Waals surface area contributed by atoms with Crippen LogP contribution in [0.15, 0.2) is 86.0 Å². The number of fused-ring (bicyclic) bond motifs is 1. The Hall–Kier alpha value is -3.26. The molecule has 0 aliphatic heterocycles. The van der Waals surface area contributed by atoms with Crippen LogP contribution in [0.25, 0.3) is 33.5 Å². The van der Waals surface area contributed by atoms with E-state index in [9.17, 15) is 0 Å². The smallest absolute Gasteiger partial charge is 0.0973 e. The third kappa shape index (κ3) is 3.27. The molecule has 0 saturated heterocycles. The van der Waals surface area contributed by atoms with Crippen LogP contribution in [-0.4, -0.2) is 9.97 Å².